The summed E-state index contributed by atoms with van der Waals surface area (Å²) in [6.07, 6.45) is -1.62. The molecule has 0 saturated carbocycles. The number of hydrogen-bond acceptors (Lipinski definition) is 9. The predicted molar refractivity (Wildman–Crippen MR) is 84.7 cm³/mol. The van der Waals surface area contributed by atoms with Crippen molar-refractivity contribution in [1.82, 2.24) is 14.5 Å². The third kappa shape index (κ3) is 2.14. The number of nitrogens with two attached hydrogens (primary N) is 1. The zero-order valence-corrected chi connectivity index (χ0v) is 13.1. The van der Waals surface area contributed by atoms with Crippen molar-refractivity contribution in [2.24, 2.45) is 10.8 Å². The molecule has 1 saturated heterocycles. The fraction of sp³-hybridized carbons (Fsp3) is 0.429. The molecule has 2 aromatic rings. The summed E-state index contributed by atoms with van der Waals surface area (Å²) in [5.74, 6) is -0.253. The molecule has 2 aliphatic rings. The minimum absolute atomic E-state index is 0.0280. The van der Waals surface area contributed by atoms with Crippen LogP contribution in [-0.2, 0) is 9.53 Å². The molecule has 25 heavy (non-hydrogen) atoms. The fourth-order valence-electron chi connectivity index (χ4n) is 3.23. The number of hydrazone groups is 1. The van der Waals surface area contributed by atoms with Crippen molar-refractivity contribution in [3.63, 3.8) is 0 Å². The largest absolute Gasteiger partial charge is 0.394 e. The molecule has 2 aromatic heterocycles. The summed E-state index contributed by atoms with van der Waals surface area (Å²) in [5.41, 5.74) is 6.24. The van der Waals surface area contributed by atoms with Crippen LogP contribution in [0.1, 0.15) is 11.8 Å². The van der Waals surface area contributed by atoms with E-state index in [0.717, 1.165) is 0 Å². The second kappa shape index (κ2) is 5.46. The summed E-state index contributed by atoms with van der Waals surface area (Å²) in [4.78, 5) is 20.1. The van der Waals surface area contributed by atoms with Crippen molar-refractivity contribution in [2.45, 2.75) is 24.5 Å². The molecule has 4 rings (SSSR count). The molecule has 0 unspecified atom stereocenters. The van der Waals surface area contributed by atoms with Crippen LogP contribution in [0.4, 0.5) is 5.82 Å². The van der Waals surface area contributed by atoms with Gasteiger partial charge in [0.1, 0.15) is 30.3 Å². The Morgan fingerprint density at radius 1 is 1.36 bits per heavy atom. The van der Waals surface area contributed by atoms with Crippen molar-refractivity contribution in [3.05, 3.63) is 18.1 Å². The maximum absolute atomic E-state index is 11.8. The van der Waals surface area contributed by atoms with Crippen molar-refractivity contribution in [1.29, 1.82) is 0 Å². The molecule has 11 nitrogen and oxygen atoms in total. The lowest BCUT2D eigenvalue weighted by Crippen LogP contribution is -2.33. The van der Waals surface area contributed by atoms with E-state index < -0.39 is 37.1 Å². The second-order valence-corrected chi connectivity index (χ2v) is 5.91. The van der Waals surface area contributed by atoms with E-state index in [0.29, 0.717) is 22.4 Å². The van der Waals surface area contributed by atoms with Gasteiger partial charge in [-0.25, -0.2) is 15.0 Å². The number of rotatable bonds is 3. The molecule has 11 heteroatoms. The van der Waals surface area contributed by atoms with E-state index in [4.69, 9.17) is 10.5 Å². The quantitative estimate of drug-likeness (QED) is 0.481. The molecule has 5 N–H and O–H groups in total. The topological polar surface area (TPSA) is 159 Å². The molecule has 0 radical (unpaired) electrons. The number of aliphatic hydroxyl groups excluding tert-OH is 3. The van der Waals surface area contributed by atoms with Crippen molar-refractivity contribution >= 4 is 28.5 Å². The van der Waals surface area contributed by atoms with Gasteiger partial charge in [-0.1, -0.05) is 0 Å². The molecule has 1 amide bonds. The number of anilines is 1. The van der Waals surface area contributed by atoms with Crippen LogP contribution in [0.25, 0.3) is 11.0 Å². The first kappa shape index (κ1) is 15.9. The Labute approximate surface area is 141 Å². The van der Waals surface area contributed by atoms with E-state index in [1.165, 1.54) is 22.1 Å². The van der Waals surface area contributed by atoms with Gasteiger partial charge in [-0.2, -0.15) is 5.10 Å². The molecule has 2 aliphatic heterocycles. The van der Waals surface area contributed by atoms with Crippen molar-refractivity contribution in [2.75, 3.05) is 18.7 Å². The van der Waals surface area contributed by atoms with Crippen LogP contribution < -0.4 is 10.7 Å². The van der Waals surface area contributed by atoms with Crippen LogP contribution in [0.15, 0.2) is 17.6 Å². The summed E-state index contributed by atoms with van der Waals surface area (Å²) in [5, 5.41) is 35.6. The molecular formula is C14H16N6O5. The van der Waals surface area contributed by atoms with Crippen LogP contribution in [0.2, 0.25) is 0 Å². The summed E-state index contributed by atoms with van der Waals surface area (Å²) < 4.78 is 7.04. The van der Waals surface area contributed by atoms with Crippen LogP contribution in [-0.4, -0.2) is 73.4 Å². The summed E-state index contributed by atoms with van der Waals surface area (Å²) in [6, 6.07) is 0. The lowest BCUT2D eigenvalue weighted by molar-refractivity contribution is -0.111. The van der Waals surface area contributed by atoms with Crippen LogP contribution in [0.5, 0.6) is 0 Å². The maximum atomic E-state index is 11.8. The molecule has 4 heterocycles. The van der Waals surface area contributed by atoms with Gasteiger partial charge in [-0.3, -0.25) is 4.79 Å². The standard InChI is InChI=1S/C14H16N6O5/c1-19-12-7-5(8(18-19)11(15)24)2-20(13(7)17-4-16-12)14-10(23)9(22)6(3-21)25-14/h2,4,6,9-10,14,21-23H,3H2,1H3,(H2,15,24)/t6-,9-,10-,14-/m1/s1. The van der Waals surface area contributed by atoms with E-state index in [2.05, 4.69) is 15.1 Å². The highest BCUT2D eigenvalue weighted by Crippen LogP contribution is 2.37. The smallest absolute Gasteiger partial charge is 0.269 e. The lowest BCUT2D eigenvalue weighted by atomic mass is 10.1. The monoisotopic (exact) mass is 348 g/mol. The summed E-state index contributed by atoms with van der Waals surface area (Å²) >= 11 is 0. The fourth-order valence-corrected chi connectivity index (χ4v) is 3.23. The number of primary amides is 1. The van der Waals surface area contributed by atoms with E-state index >= 15 is 0 Å². The highest BCUT2D eigenvalue weighted by molar-refractivity contribution is 6.48. The molecule has 0 aromatic carbocycles. The van der Waals surface area contributed by atoms with Gasteiger partial charge in [0.15, 0.2) is 17.8 Å². The number of amides is 1. The van der Waals surface area contributed by atoms with Gasteiger partial charge < -0.3 is 30.4 Å². The summed E-state index contributed by atoms with van der Waals surface area (Å²) in [6.45, 7) is -0.447. The zero-order chi connectivity index (χ0) is 17.9. The number of carbonyl (C=O) groups excluding carboxylic acids is 1. The van der Waals surface area contributed by atoms with Crippen LogP contribution in [0.3, 0.4) is 0 Å². The Hall–Kier alpha value is -2.60. The average molecular weight is 348 g/mol. The van der Waals surface area contributed by atoms with Gasteiger partial charge >= 0.3 is 0 Å². The number of carbonyl (C=O) groups is 1. The first-order valence-corrected chi connectivity index (χ1v) is 7.54. The third-order valence-corrected chi connectivity index (χ3v) is 4.43. The lowest BCUT2D eigenvalue weighted by Gasteiger charge is -2.19. The number of nitrogens with zero attached hydrogens (tertiary/aromatic N) is 5. The number of ether oxygens (including phenoxy) is 1. The van der Waals surface area contributed by atoms with Gasteiger partial charge in [-0.05, 0) is 0 Å². The highest BCUT2D eigenvalue weighted by Gasteiger charge is 2.44. The second-order valence-electron chi connectivity index (χ2n) is 5.91. The van der Waals surface area contributed by atoms with Gasteiger partial charge in [-0.15, -0.1) is 0 Å². The van der Waals surface area contributed by atoms with E-state index in [-0.39, 0.29) is 5.71 Å². The molecule has 132 valence electrons. The first-order valence-electron chi connectivity index (χ1n) is 7.54. The van der Waals surface area contributed by atoms with Gasteiger partial charge in [0.05, 0.1) is 12.0 Å². The highest BCUT2D eigenvalue weighted by atomic mass is 16.6. The van der Waals surface area contributed by atoms with E-state index in [1.807, 2.05) is 0 Å². The number of aliphatic hydroxyl groups is 3. The van der Waals surface area contributed by atoms with Crippen LogP contribution in [0, 0.1) is 0 Å². The first-order chi connectivity index (χ1) is 11.9. The van der Waals surface area contributed by atoms with E-state index in [9.17, 15) is 20.1 Å². The van der Waals surface area contributed by atoms with Crippen molar-refractivity contribution in [3.8, 4) is 0 Å². The van der Waals surface area contributed by atoms with Gasteiger partial charge in [0.25, 0.3) is 5.91 Å². The predicted octanol–water partition coefficient (Wildman–Crippen LogP) is -2.32. The maximum Gasteiger partial charge on any atom is 0.269 e. The molecule has 0 aliphatic carbocycles. The zero-order valence-electron chi connectivity index (χ0n) is 13.1. The van der Waals surface area contributed by atoms with Crippen molar-refractivity contribution < 1.29 is 24.9 Å². The molecule has 1 fully saturated rings. The molecular weight excluding hydrogens is 332 g/mol. The third-order valence-electron chi connectivity index (χ3n) is 4.43. The van der Waals surface area contributed by atoms with Gasteiger partial charge in [0.2, 0.25) is 0 Å². The normalized spacial score (nSPS) is 28.5. The Bertz CT molecular complexity index is 895. The Morgan fingerprint density at radius 2 is 2.12 bits per heavy atom. The summed E-state index contributed by atoms with van der Waals surface area (Å²) in [7, 11) is 1.62. The van der Waals surface area contributed by atoms with Gasteiger partial charge in [0, 0.05) is 18.8 Å². The Balaban J connectivity index is 1.92. The molecule has 4 atom stereocenters. The van der Waals surface area contributed by atoms with E-state index in [1.54, 1.807) is 7.05 Å². The molecule has 0 spiro atoms. The van der Waals surface area contributed by atoms with Crippen LogP contribution >= 0.6 is 0 Å². The Kier molecular flexibility index (Phi) is 3.47. The number of aromatic nitrogens is 3. The Morgan fingerprint density at radius 3 is 2.76 bits per heavy atom. The SMILES string of the molecule is CN1N=C(C(N)=O)c2cn([C@@H]3O[C@H](CO)[C@@H](O)[C@H]3O)c3ncnc1c23. The molecule has 0 bridgehead atoms. The average Bonchev–Trinajstić information content (AvgIpc) is 3.10. The number of hydrogen-bond donors (Lipinski definition) is 4. The minimum Gasteiger partial charge on any atom is -0.394 e. The minimum atomic E-state index is -1.29.